The van der Waals surface area contributed by atoms with E-state index in [0.29, 0.717) is 15.6 Å². The number of ether oxygens (including phenoxy) is 1. The van der Waals surface area contributed by atoms with Gasteiger partial charge in [-0.15, -0.1) is 0 Å². The van der Waals surface area contributed by atoms with Gasteiger partial charge in [-0.1, -0.05) is 42.0 Å². The van der Waals surface area contributed by atoms with Crippen molar-refractivity contribution in [2.24, 2.45) is 5.73 Å². The Morgan fingerprint density at radius 1 is 1.24 bits per heavy atom. The molecule has 0 saturated carbocycles. The van der Waals surface area contributed by atoms with E-state index in [1.165, 1.54) is 5.56 Å². The minimum atomic E-state index is 0.299. The average molecular weight is 321 g/mol. The van der Waals surface area contributed by atoms with Crippen molar-refractivity contribution in [2.45, 2.75) is 6.42 Å². The smallest absolute Gasteiger partial charge is 0.118 e. The molecule has 0 aliphatic carbocycles. The summed E-state index contributed by atoms with van der Waals surface area (Å²) in [4.78, 5) is 0.299. The lowest BCUT2D eigenvalue weighted by Gasteiger charge is -2.12. The van der Waals surface area contributed by atoms with Crippen molar-refractivity contribution in [1.29, 1.82) is 0 Å². The molecule has 110 valence electrons. The molecule has 0 unspecified atom stereocenters. The lowest BCUT2D eigenvalue weighted by Crippen LogP contribution is -2.15. The monoisotopic (exact) mass is 320 g/mol. The van der Waals surface area contributed by atoms with E-state index in [4.69, 9.17) is 34.3 Å². The molecule has 2 aromatic carbocycles. The van der Waals surface area contributed by atoms with Gasteiger partial charge in [-0.2, -0.15) is 0 Å². The van der Waals surface area contributed by atoms with E-state index in [2.05, 4.69) is 5.32 Å². The summed E-state index contributed by atoms with van der Waals surface area (Å²) in [5, 5.41) is 3.90. The van der Waals surface area contributed by atoms with Crippen molar-refractivity contribution >= 4 is 34.5 Å². The lowest BCUT2D eigenvalue weighted by molar-refractivity contribution is 0.414. The standard InChI is InChI=1S/C16H17ClN2OS/c1-20-12-7-5-11(6-8-12)9-10-19-14-4-2-3-13(17)15(14)16(18)21/h2-8,19H,9-10H2,1H3,(H2,18,21). The number of nitrogens with two attached hydrogens (primary N) is 1. The molecular formula is C16H17ClN2OS. The zero-order valence-corrected chi connectivity index (χ0v) is 13.3. The highest BCUT2D eigenvalue weighted by Crippen LogP contribution is 2.24. The van der Waals surface area contributed by atoms with E-state index < -0.39 is 0 Å². The van der Waals surface area contributed by atoms with E-state index in [-0.39, 0.29) is 0 Å². The van der Waals surface area contributed by atoms with E-state index in [1.807, 2.05) is 36.4 Å². The third-order valence-electron chi connectivity index (χ3n) is 3.15. The SMILES string of the molecule is COc1ccc(CCNc2cccc(Cl)c2C(N)=S)cc1. The molecule has 2 aromatic rings. The van der Waals surface area contributed by atoms with Crippen LogP contribution < -0.4 is 15.8 Å². The molecule has 0 heterocycles. The van der Waals surface area contributed by atoms with E-state index >= 15 is 0 Å². The number of rotatable bonds is 6. The molecule has 0 bridgehead atoms. The number of hydrogen-bond donors (Lipinski definition) is 2. The number of anilines is 1. The van der Waals surface area contributed by atoms with Crippen molar-refractivity contribution in [3.8, 4) is 5.75 Å². The van der Waals surface area contributed by atoms with Crippen LogP contribution in [-0.4, -0.2) is 18.6 Å². The first-order valence-electron chi connectivity index (χ1n) is 6.57. The Hall–Kier alpha value is -1.78. The van der Waals surface area contributed by atoms with Gasteiger partial charge in [-0.25, -0.2) is 0 Å². The van der Waals surface area contributed by atoms with Crippen molar-refractivity contribution < 1.29 is 4.74 Å². The van der Waals surface area contributed by atoms with E-state index in [0.717, 1.165) is 24.4 Å². The normalized spacial score (nSPS) is 10.2. The number of benzene rings is 2. The molecule has 0 radical (unpaired) electrons. The van der Waals surface area contributed by atoms with Crippen LogP contribution in [0.5, 0.6) is 5.75 Å². The third kappa shape index (κ3) is 4.09. The van der Waals surface area contributed by atoms with Crippen LogP contribution in [0.2, 0.25) is 5.02 Å². The Bertz CT molecular complexity index is 629. The number of nitrogens with one attached hydrogen (secondary N) is 1. The van der Waals surface area contributed by atoms with Crippen LogP contribution >= 0.6 is 23.8 Å². The maximum Gasteiger partial charge on any atom is 0.118 e. The highest BCUT2D eigenvalue weighted by atomic mass is 35.5. The molecule has 2 rings (SSSR count). The fourth-order valence-electron chi connectivity index (χ4n) is 2.06. The highest BCUT2D eigenvalue weighted by molar-refractivity contribution is 7.80. The minimum Gasteiger partial charge on any atom is -0.497 e. The molecule has 5 heteroatoms. The second kappa shape index (κ2) is 7.29. The second-order valence-electron chi connectivity index (χ2n) is 4.55. The third-order valence-corrected chi connectivity index (χ3v) is 3.67. The predicted octanol–water partition coefficient (Wildman–Crippen LogP) is 3.64. The first kappa shape index (κ1) is 15.6. The van der Waals surface area contributed by atoms with Crippen molar-refractivity contribution in [1.82, 2.24) is 0 Å². The molecule has 0 fully saturated rings. The van der Waals surface area contributed by atoms with Crippen LogP contribution in [0.4, 0.5) is 5.69 Å². The largest absolute Gasteiger partial charge is 0.497 e. The summed E-state index contributed by atoms with van der Waals surface area (Å²) >= 11 is 11.2. The van der Waals surface area contributed by atoms with Gasteiger partial charge < -0.3 is 15.8 Å². The fourth-order valence-corrected chi connectivity index (χ4v) is 2.61. The quantitative estimate of drug-likeness (QED) is 0.798. The van der Waals surface area contributed by atoms with Gasteiger partial charge in [0.25, 0.3) is 0 Å². The maximum atomic E-state index is 6.13. The molecule has 0 aromatic heterocycles. The van der Waals surface area contributed by atoms with Crippen LogP contribution in [-0.2, 0) is 6.42 Å². The van der Waals surface area contributed by atoms with Crippen LogP contribution in [0.25, 0.3) is 0 Å². The molecule has 21 heavy (non-hydrogen) atoms. The molecule has 0 aliphatic heterocycles. The number of hydrogen-bond acceptors (Lipinski definition) is 3. The minimum absolute atomic E-state index is 0.299. The summed E-state index contributed by atoms with van der Waals surface area (Å²) < 4.78 is 5.14. The van der Waals surface area contributed by atoms with Crippen LogP contribution in [0.15, 0.2) is 42.5 Å². The first-order valence-corrected chi connectivity index (χ1v) is 7.35. The lowest BCUT2D eigenvalue weighted by atomic mass is 10.1. The molecule has 0 atom stereocenters. The fraction of sp³-hybridized carbons (Fsp3) is 0.188. The number of halogens is 1. The Morgan fingerprint density at radius 2 is 1.95 bits per heavy atom. The summed E-state index contributed by atoms with van der Waals surface area (Å²) in [5.74, 6) is 0.859. The van der Waals surface area contributed by atoms with Gasteiger partial charge in [0.15, 0.2) is 0 Å². The molecular weight excluding hydrogens is 304 g/mol. The van der Waals surface area contributed by atoms with Gasteiger partial charge in [0, 0.05) is 12.2 Å². The Balaban J connectivity index is 2.00. The van der Waals surface area contributed by atoms with Crippen LogP contribution in [0.3, 0.4) is 0 Å². The van der Waals surface area contributed by atoms with Crippen molar-refractivity contribution in [3.05, 3.63) is 58.6 Å². The first-order chi connectivity index (χ1) is 10.1. The Labute approximate surface area is 135 Å². The van der Waals surface area contributed by atoms with Gasteiger partial charge in [-0.3, -0.25) is 0 Å². The predicted molar refractivity (Wildman–Crippen MR) is 92.5 cm³/mol. The van der Waals surface area contributed by atoms with Gasteiger partial charge in [0.1, 0.15) is 10.7 Å². The molecule has 3 N–H and O–H groups in total. The van der Waals surface area contributed by atoms with Crippen LogP contribution in [0.1, 0.15) is 11.1 Å². The van der Waals surface area contributed by atoms with Gasteiger partial charge in [0.05, 0.1) is 17.7 Å². The average Bonchev–Trinajstić information content (AvgIpc) is 2.47. The van der Waals surface area contributed by atoms with Crippen molar-refractivity contribution in [2.75, 3.05) is 19.0 Å². The summed E-state index contributed by atoms with van der Waals surface area (Å²) in [6.45, 7) is 0.766. The Morgan fingerprint density at radius 3 is 2.57 bits per heavy atom. The summed E-state index contributed by atoms with van der Waals surface area (Å²) in [5.41, 5.74) is 8.51. The van der Waals surface area contributed by atoms with E-state index in [1.54, 1.807) is 13.2 Å². The van der Waals surface area contributed by atoms with Crippen molar-refractivity contribution in [3.63, 3.8) is 0 Å². The molecule has 3 nitrogen and oxygen atoms in total. The summed E-state index contributed by atoms with van der Waals surface area (Å²) in [6.07, 6.45) is 0.882. The molecule has 0 saturated heterocycles. The summed E-state index contributed by atoms with van der Waals surface area (Å²) in [6, 6.07) is 13.6. The van der Waals surface area contributed by atoms with Gasteiger partial charge >= 0.3 is 0 Å². The van der Waals surface area contributed by atoms with Gasteiger partial charge in [-0.05, 0) is 36.2 Å². The number of methoxy groups -OCH3 is 1. The molecule has 0 aliphatic rings. The Kier molecular flexibility index (Phi) is 5.42. The summed E-state index contributed by atoms with van der Waals surface area (Å²) in [7, 11) is 1.66. The highest BCUT2D eigenvalue weighted by Gasteiger charge is 2.09. The van der Waals surface area contributed by atoms with Gasteiger partial charge in [0.2, 0.25) is 0 Å². The van der Waals surface area contributed by atoms with E-state index in [9.17, 15) is 0 Å². The molecule has 0 amide bonds. The second-order valence-corrected chi connectivity index (χ2v) is 5.40. The maximum absolute atomic E-state index is 6.13. The van der Waals surface area contributed by atoms with Crippen LogP contribution in [0, 0.1) is 0 Å². The molecule has 0 spiro atoms. The zero-order chi connectivity index (χ0) is 15.2. The topological polar surface area (TPSA) is 47.3 Å². The zero-order valence-electron chi connectivity index (χ0n) is 11.7. The number of thiocarbonyl (C=S) groups is 1.